The maximum Gasteiger partial charge on any atom is 0.152 e. The van der Waals surface area contributed by atoms with Crippen molar-refractivity contribution >= 4 is 27.4 Å². The summed E-state index contributed by atoms with van der Waals surface area (Å²) in [7, 11) is 0. The van der Waals surface area contributed by atoms with E-state index in [4.69, 9.17) is 5.73 Å². The largest absolute Gasteiger partial charge is 0.396 e. The molecule has 1 unspecified atom stereocenters. The van der Waals surface area contributed by atoms with E-state index in [1.54, 1.807) is 6.20 Å². The average Bonchev–Trinajstić information content (AvgIpc) is 2.52. The molecule has 0 bridgehead atoms. The van der Waals surface area contributed by atoms with Gasteiger partial charge < -0.3 is 10.6 Å². The second-order valence-electron chi connectivity index (χ2n) is 3.56. The van der Waals surface area contributed by atoms with Gasteiger partial charge in [-0.2, -0.15) is 0 Å². The molecule has 0 amide bonds. The molecule has 0 spiro atoms. The number of nitrogens with zero attached hydrogens (tertiary/aromatic N) is 2. The summed E-state index contributed by atoms with van der Waals surface area (Å²) in [5.74, 6) is 0.866. The van der Waals surface area contributed by atoms with Crippen LogP contribution in [0, 0.1) is 6.92 Å². The topological polar surface area (TPSA) is 42.2 Å². The molecule has 0 aliphatic carbocycles. The predicted molar refractivity (Wildman–Crippen MR) is 62.1 cm³/mol. The van der Waals surface area contributed by atoms with Gasteiger partial charge in [0.2, 0.25) is 0 Å². The van der Waals surface area contributed by atoms with E-state index in [1.165, 1.54) is 6.42 Å². The normalized spacial score (nSPS) is 21.6. The molecule has 1 radical (unpaired) electrons. The van der Waals surface area contributed by atoms with Crippen molar-refractivity contribution in [3.63, 3.8) is 0 Å². The number of hydrogen-bond acceptors (Lipinski definition) is 3. The molecule has 2 rings (SSSR count). The summed E-state index contributed by atoms with van der Waals surface area (Å²) >= 11 is 3.34. The molecule has 1 aliphatic heterocycles. The molecule has 2 heterocycles. The Morgan fingerprint density at radius 1 is 1.64 bits per heavy atom. The Hall–Kier alpha value is -0.770. The Morgan fingerprint density at radius 3 is 3.00 bits per heavy atom. The van der Waals surface area contributed by atoms with E-state index in [9.17, 15) is 0 Å². The lowest BCUT2D eigenvalue weighted by Crippen LogP contribution is -2.28. The second-order valence-corrected chi connectivity index (χ2v) is 4.47. The van der Waals surface area contributed by atoms with Crippen molar-refractivity contribution in [2.24, 2.45) is 0 Å². The predicted octanol–water partition coefficient (Wildman–Crippen LogP) is 2.23. The van der Waals surface area contributed by atoms with Crippen molar-refractivity contribution < 1.29 is 0 Å². The van der Waals surface area contributed by atoms with E-state index in [-0.39, 0.29) is 0 Å². The van der Waals surface area contributed by atoms with Crippen LogP contribution in [-0.2, 0) is 0 Å². The van der Waals surface area contributed by atoms with E-state index in [2.05, 4.69) is 32.7 Å². The van der Waals surface area contributed by atoms with Crippen molar-refractivity contribution in [3.05, 3.63) is 23.7 Å². The summed E-state index contributed by atoms with van der Waals surface area (Å²) in [6.45, 7) is 5.08. The molecule has 0 saturated carbocycles. The number of nitrogen functional groups attached to an aromatic ring is 1. The fourth-order valence-electron chi connectivity index (χ4n) is 1.80. The molecule has 2 N–H and O–H groups in total. The molecule has 4 heteroatoms. The van der Waals surface area contributed by atoms with Crippen LogP contribution in [0.15, 0.2) is 16.7 Å². The van der Waals surface area contributed by atoms with Crippen molar-refractivity contribution in [1.29, 1.82) is 0 Å². The fourth-order valence-corrected chi connectivity index (χ4v) is 2.15. The third kappa shape index (κ3) is 1.71. The average molecular weight is 255 g/mol. The third-order valence-electron chi connectivity index (χ3n) is 2.51. The number of anilines is 2. The molecule has 0 aromatic carbocycles. The summed E-state index contributed by atoms with van der Waals surface area (Å²) in [5, 5.41) is 0. The first kappa shape index (κ1) is 9.77. The van der Waals surface area contributed by atoms with E-state index in [0.717, 1.165) is 28.9 Å². The zero-order valence-electron chi connectivity index (χ0n) is 7.91. The van der Waals surface area contributed by atoms with Crippen molar-refractivity contribution in [2.45, 2.75) is 18.9 Å². The summed E-state index contributed by atoms with van der Waals surface area (Å²) < 4.78 is 0.915. The van der Waals surface area contributed by atoms with Crippen LogP contribution in [0.2, 0.25) is 0 Å². The highest BCUT2D eigenvalue weighted by molar-refractivity contribution is 9.10. The Bertz CT molecular complexity index is 340. The second kappa shape index (κ2) is 3.77. The lowest BCUT2D eigenvalue weighted by Gasteiger charge is -2.23. The van der Waals surface area contributed by atoms with Gasteiger partial charge in [-0.3, -0.25) is 0 Å². The first-order valence-electron chi connectivity index (χ1n) is 4.69. The van der Waals surface area contributed by atoms with Crippen LogP contribution in [0.3, 0.4) is 0 Å². The third-order valence-corrected chi connectivity index (χ3v) is 2.94. The smallest absolute Gasteiger partial charge is 0.152 e. The van der Waals surface area contributed by atoms with Crippen LogP contribution in [0.1, 0.15) is 12.8 Å². The van der Waals surface area contributed by atoms with Crippen LogP contribution < -0.4 is 10.6 Å². The molecule has 1 aliphatic rings. The van der Waals surface area contributed by atoms with Gasteiger partial charge in [-0.05, 0) is 41.8 Å². The summed E-state index contributed by atoms with van der Waals surface area (Å²) in [6, 6.07) is 2.19. The van der Waals surface area contributed by atoms with Crippen LogP contribution >= 0.6 is 15.9 Å². The van der Waals surface area contributed by atoms with Gasteiger partial charge >= 0.3 is 0 Å². The molecule has 1 aromatic rings. The molecule has 1 fully saturated rings. The maximum atomic E-state index is 5.90. The lowest BCUT2D eigenvalue weighted by molar-refractivity contribution is 0.792. The minimum atomic E-state index is 0.311. The molecule has 1 aromatic heterocycles. The lowest BCUT2D eigenvalue weighted by atomic mass is 10.2. The highest BCUT2D eigenvalue weighted by atomic mass is 79.9. The highest BCUT2D eigenvalue weighted by Crippen LogP contribution is 2.29. The molecule has 14 heavy (non-hydrogen) atoms. The molecule has 3 nitrogen and oxygen atoms in total. The molecular formula is C10H13BrN3. The van der Waals surface area contributed by atoms with Gasteiger partial charge in [0, 0.05) is 23.3 Å². The number of pyridine rings is 1. The minimum absolute atomic E-state index is 0.311. The number of halogens is 1. The van der Waals surface area contributed by atoms with Gasteiger partial charge in [-0.25, -0.2) is 4.98 Å². The van der Waals surface area contributed by atoms with Gasteiger partial charge in [-0.15, -0.1) is 0 Å². The summed E-state index contributed by atoms with van der Waals surface area (Å²) in [6.07, 6.45) is 4.07. The summed E-state index contributed by atoms with van der Waals surface area (Å²) in [5.41, 5.74) is 6.62. The van der Waals surface area contributed by atoms with Gasteiger partial charge in [0.15, 0.2) is 5.82 Å². The Balaban J connectivity index is 2.31. The van der Waals surface area contributed by atoms with Crippen LogP contribution in [-0.4, -0.2) is 17.6 Å². The van der Waals surface area contributed by atoms with Crippen molar-refractivity contribution in [2.75, 3.05) is 17.2 Å². The number of nitrogens with two attached hydrogens (primary N) is 1. The number of rotatable bonds is 1. The zero-order chi connectivity index (χ0) is 10.1. The number of aromatic nitrogens is 1. The first-order valence-corrected chi connectivity index (χ1v) is 5.48. The molecule has 75 valence electrons. The maximum absolute atomic E-state index is 5.90. The van der Waals surface area contributed by atoms with E-state index in [1.807, 2.05) is 6.07 Å². The van der Waals surface area contributed by atoms with Crippen molar-refractivity contribution in [3.8, 4) is 0 Å². The van der Waals surface area contributed by atoms with Gasteiger partial charge in [-0.1, -0.05) is 0 Å². The van der Waals surface area contributed by atoms with Crippen LogP contribution in [0.25, 0.3) is 0 Å². The van der Waals surface area contributed by atoms with Crippen LogP contribution in [0.5, 0.6) is 0 Å². The SMILES string of the molecule is [CH2]C1CCCN1c1ncc(Br)cc1N. The summed E-state index contributed by atoms with van der Waals surface area (Å²) in [4.78, 5) is 6.49. The van der Waals surface area contributed by atoms with Gasteiger partial charge in [0.05, 0.1) is 5.69 Å². The van der Waals surface area contributed by atoms with Crippen molar-refractivity contribution in [1.82, 2.24) is 4.98 Å². The fraction of sp³-hybridized carbons (Fsp3) is 0.400. The minimum Gasteiger partial charge on any atom is -0.396 e. The molecule has 1 saturated heterocycles. The molecular weight excluding hydrogens is 242 g/mol. The first-order chi connectivity index (χ1) is 6.68. The Kier molecular flexibility index (Phi) is 2.63. The van der Waals surface area contributed by atoms with Gasteiger partial charge in [0.25, 0.3) is 0 Å². The zero-order valence-corrected chi connectivity index (χ0v) is 9.50. The van der Waals surface area contributed by atoms with Gasteiger partial charge in [0.1, 0.15) is 0 Å². The van der Waals surface area contributed by atoms with E-state index >= 15 is 0 Å². The molecule has 1 atom stereocenters. The number of hydrogen-bond donors (Lipinski definition) is 1. The highest BCUT2D eigenvalue weighted by Gasteiger charge is 2.23. The van der Waals surface area contributed by atoms with E-state index < -0.39 is 0 Å². The van der Waals surface area contributed by atoms with E-state index in [0.29, 0.717) is 6.04 Å². The standard InChI is InChI=1S/C10H13BrN3/c1-7-3-2-4-14(7)10-9(12)5-8(11)6-13-10/h5-7H,1-4,12H2. The quantitative estimate of drug-likeness (QED) is 0.836. The van der Waals surface area contributed by atoms with Crippen LogP contribution in [0.4, 0.5) is 11.5 Å². The Morgan fingerprint density at radius 2 is 2.43 bits per heavy atom. The monoisotopic (exact) mass is 254 g/mol. The Labute approximate surface area is 92.4 Å².